The molecule has 3 N–H and O–H groups in total. The second-order valence-electron chi connectivity index (χ2n) is 8.72. The lowest BCUT2D eigenvalue weighted by Gasteiger charge is -2.17. The molecule has 0 unspecified atom stereocenters. The van der Waals surface area contributed by atoms with Gasteiger partial charge in [0, 0.05) is 23.3 Å². The van der Waals surface area contributed by atoms with Gasteiger partial charge in [-0.1, -0.05) is 19.1 Å². The molecule has 0 aliphatic rings. The molecule has 1 aromatic carbocycles. The lowest BCUT2D eigenvalue weighted by Crippen LogP contribution is -2.25. The highest BCUT2D eigenvalue weighted by Gasteiger charge is 2.18. The molecule has 4 aromatic heterocycles. The molecule has 0 fully saturated rings. The molecule has 0 saturated heterocycles. The van der Waals surface area contributed by atoms with E-state index in [1.165, 1.54) is 11.1 Å². The van der Waals surface area contributed by atoms with E-state index in [1.807, 2.05) is 54.9 Å². The first-order valence-electron chi connectivity index (χ1n) is 11.9. The Hall–Kier alpha value is -4.86. The van der Waals surface area contributed by atoms with Crippen LogP contribution in [0.15, 0.2) is 60.9 Å². The summed E-state index contributed by atoms with van der Waals surface area (Å²) in [5, 5.41) is 24.2. The van der Waals surface area contributed by atoms with Crippen LogP contribution < -0.4 is 10.2 Å². The maximum atomic E-state index is 13.4. The van der Waals surface area contributed by atoms with E-state index in [-0.39, 0.29) is 11.7 Å². The lowest BCUT2D eigenvalue weighted by molar-refractivity contribution is 0.102. The zero-order chi connectivity index (χ0) is 26.1. The number of amidine groups is 1. The Bertz CT molecular complexity index is 1660. The topological polar surface area (TPSA) is 128 Å². The van der Waals surface area contributed by atoms with Crippen molar-refractivity contribution in [1.29, 1.82) is 10.8 Å². The van der Waals surface area contributed by atoms with Crippen LogP contribution in [0, 0.1) is 17.7 Å². The first-order chi connectivity index (χ1) is 17.9. The summed E-state index contributed by atoms with van der Waals surface area (Å²) in [6, 6.07) is 15.2. The Morgan fingerprint density at radius 1 is 1.19 bits per heavy atom. The second-order valence-corrected chi connectivity index (χ2v) is 8.72. The van der Waals surface area contributed by atoms with E-state index < -0.39 is 0 Å². The van der Waals surface area contributed by atoms with Gasteiger partial charge in [0.05, 0.1) is 47.4 Å². The molecule has 37 heavy (non-hydrogen) atoms. The first kappa shape index (κ1) is 23.9. The summed E-state index contributed by atoms with van der Waals surface area (Å²) in [6.45, 7) is 6.15. The third-order valence-corrected chi connectivity index (χ3v) is 6.19. The Morgan fingerprint density at radius 3 is 2.73 bits per heavy atom. The molecule has 1 amide bonds. The van der Waals surface area contributed by atoms with Crippen molar-refractivity contribution in [2.45, 2.75) is 33.7 Å². The van der Waals surface area contributed by atoms with Gasteiger partial charge in [-0.25, -0.2) is 4.98 Å². The number of carbonyl (C=O) groups excluding carboxylic acids is 1. The quantitative estimate of drug-likeness (QED) is 0.224. The Morgan fingerprint density at radius 2 is 2.00 bits per heavy atom. The van der Waals surface area contributed by atoms with Gasteiger partial charge in [0.2, 0.25) is 0 Å². The molecule has 10 nitrogen and oxygen atoms in total. The number of carbonyl (C=O) groups is 1. The van der Waals surface area contributed by atoms with E-state index in [0.717, 1.165) is 34.3 Å². The molecule has 5 aromatic rings. The number of pyridine rings is 2. The number of rotatable bonds is 7. The fourth-order valence-corrected chi connectivity index (χ4v) is 4.46. The van der Waals surface area contributed by atoms with E-state index in [0.29, 0.717) is 35.7 Å². The minimum atomic E-state index is -0.296. The Balaban J connectivity index is 1.48. The van der Waals surface area contributed by atoms with Crippen LogP contribution in [0.25, 0.3) is 16.6 Å². The van der Waals surface area contributed by atoms with Crippen molar-refractivity contribution in [2.75, 3.05) is 10.2 Å². The summed E-state index contributed by atoms with van der Waals surface area (Å²) in [4.78, 5) is 23.8. The van der Waals surface area contributed by atoms with Gasteiger partial charge in [0.25, 0.3) is 5.91 Å². The molecule has 0 aliphatic heterocycles. The van der Waals surface area contributed by atoms with E-state index in [9.17, 15) is 4.79 Å². The molecule has 0 bridgehead atoms. The van der Waals surface area contributed by atoms with Crippen molar-refractivity contribution >= 4 is 46.0 Å². The van der Waals surface area contributed by atoms with Gasteiger partial charge in [-0.05, 0) is 50.6 Å². The number of anilines is 2. The molecule has 186 valence electrons. The van der Waals surface area contributed by atoms with Crippen LogP contribution in [-0.4, -0.2) is 42.2 Å². The average Bonchev–Trinajstić information content (AvgIpc) is 3.46. The zero-order valence-electron chi connectivity index (χ0n) is 20.9. The summed E-state index contributed by atoms with van der Waals surface area (Å²) >= 11 is 0. The van der Waals surface area contributed by atoms with Crippen LogP contribution >= 0.6 is 0 Å². The van der Waals surface area contributed by atoms with Crippen molar-refractivity contribution in [2.24, 2.45) is 0 Å². The Kier molecular flexibility index (Phi) is 6.22. The maximum Gasteiger partial charge on any atom is 0.274 e. The summed E-state index contributed by atoms with van der Waals surface area (Å²) in [5.41, 5.74) is 5.93. The van der Waals surface area contributed by atoms with Gasteiger partial charge in [-0.2, -0.15) is 5.10 Å². The molecule has 0 atom stereocenters. The number of amides is 1. The third-order valence-electron chi connectivity index (χ3n) is 6.19. The zero-order valence-corrected chi connectivity index (χ0v) is 20.9. The van der Waals surface area contributed by atoms with Crippen molar-refractivity contribution in [3.8, 4) is 0 Å². The van der Waals surface area contributed by atoms with Crippen LogP contribution in [0.3, 0.4) is 0 Å². The Labute approximate surface area is 213 Å². The van der Waals surface area contributed by atoms with E-state index in [4.69, 9.17) is 15.9 Å². The second kappa shape index (κ2) is 9.65. The summed E-state index contributed by atoms with van der Waals surface area (Å²) in [7, 11) is 0. The first-order valence-corrected chi connectivity index (χ1v) is 11.9. The van der Waals surface area contributed by atoms with Crippen molar-refractivity contribution < 1.29 is 4.79 Å². The molecule has 4 heterocycles. The number of aryl methyl sites for hydroxylation is 2. The fraction of sp³-hybridized carbons (Fsp3) is 0.185. The van der Waals surface area contributed by atoms with Crippen LogP contribution in [-0.2, 0) is 13.0 Å². The van der Waals surface area contributed by atoms with Gasteiger partial charge >= 0.3 is 0 Å². The monoisotopic (exact) mass is 493 g/mol. The number of fused-ring (bicyclic) bond motifs is 2. The van der Waals surface area contributed by atoms with Crippen LogP contribution in [0.2, 0.25) is 0 Å². The molecule has 5 rings (SSSR count). The summed E-state index contributed by atoms with van der Waals surface area (Å²) < 4.78 is 3.62. The average molecular weight is 494 g/mol. The van der Waals surface area contributed by atoms with Gasteiger partial charge in [-0.3, -0.25) is 34.6 Å². The number of hydrogen-bond acceptors (Lipinski definition) is 6. The fourth-order valence-electron chi connectivity index (χ4n) is 4.46. The van der Waals surface area contributed by atoms with Crippen LogP contribution in [0.5, 0.6) is 0 Å². The SMILES string of the molecule is CCc1nn(Cc2cccc(C)n2)c2cccc(NC(=O)c3cnc4cc(N(C=N)C(C)=N)ccn34)c12. The predicted molar refractivity (Wildman–Crippen MR) is 145 cm³/mol. The third kappa shape index (κ3) is 4.44. The predicted octanol–water partition coefficient (Wildman–Crippen LogP) is 4.66. The highest BCUT2D eigenvalue weighted by atomic mass is 16.2. The van der Waals surface area contributed by atoms with Crippen molar-refractivity contribution in [3.63, 3.8) is 0 Å². The summed E-state index contributed by atoms with van der Waals surface area (Å²) in [6.07, 6.45) is 5.03. The minimum Gasteiger partial charge on any atom is -0.320 e. The minimum absolute atomic E-state index is 0.211. The van der Waals surface area contributed by atoms with Crippen LogP contribution in [0.4, 0.5) is 11.4 Å². The smallest absolute Gasteiger partial charge is 0.274 e. The van der Waals surface area contributed by atoms with Crippen molar-refractivity contribution in [1.82, 2.24) is 24.1 Å². The molecule has 0 radical (unpaired) electrons. The number of nitrogens with zero attached hydrogens (tertiary/aromatic N) is 6. The molecular weight excluding hydrogens is 466 g/mol. The van der Waals surface area contributed by atoms with E-state index >= 15 is 0 Å². The standard InChI is InChI=1S/C27H27N9O/c1-4-21-26-22(9-6-10-23(26)36(33-21)15-19-8-5-7-17(2)31-19)32-27(37)24-14-30-25-13-20(11-12-34(24)25)35(16-28)18(3)29/h5-14,16,28-29H,4,15H2,1-3H3,(H,32,37). The van der Waals surface area contributed by atoms with Gasteiger partial charge in [-0.15, -0.1) is 0 Å². The molecule has 0 aliphatic carbocycles. The molecule has 10 heteroatoms. The summed E-state index contributed by atoms with van der Waals surface area (Å²) in [5.74, 6) is -0.0857. The van der Waals surface area contributed by atoms with Crippen molar-refractivity contribution in [3.05, 3.63) is 83.7 Å². The number of imidazole rings is 1. The van der Waals surface area contributed by atoms with Gasteiger partial charge in [0.1, 0.15) is 17.2 Å². The maximum absolute atomic E-state index is 13.4. The molecule has 0 saturated carbocycles. The molecule has 0 spiro atoms. The normalized spacial score (nSPS) is 11.1. The highest BCUT2D eigenvalue weighted by molar-refractivity contribution is 6.10. The number of hydrogen-bond donors (Lipinski definition) is 3. The number of aromatic nitrogens is 5. The number of nitrogens with one attached hydrogen (secondary N) is 3. The lowest BCUT2D eigenvalue weighted by atomic mass is 10.1. The number of benzene rings is 1. The largest absolute Gasteiger partial charge is 0.320 e. The highest BCUT2D eigenvalue weighted by Crippen LogP contribution is 2.29. The van der Waals surface area contributed by atoms with E-state index in [1.54, 1.807) is 29.7 Å². The van der Waals surface area contributed by atoms with Crippen LogP contribution in [0.1, 0.15) is 41.4 Å². The van der Waals surface area contributed by atoms with E-state index in [2.05, 4.69) is 15.3 Å². The van der Waals surface area contributed by atoms with Gasteiger partial charge in [0.15, 0.2) is 0 Å². The molecular formula is C27H27N9O. The van der Waals surface area contributed by atoms with Gasteiger partial charge < -0.3 is 5.32 Å².